The van der Waals surface area contributed by atoms with Gasteiger partial charge < -0.3 is 10.1 Å². The Morgan fingerprint density at radius 2 is 1.96 bits per heavy atom. The molecule has 0 aliphatic heterocycles. The van der Waals surface area contributed by atoms with Crippen LogP contribution in [0.15, 0.2) is 29.8 Å². The molecule has 0 fully saturated rings. The standard InChI is InChI=1S/C20H29NO2/c1-4-19(23-18-13-15(2)12-16(3)14-18)20(22)21-11-10-17-8-6-5-7-9-17/h8,12-14,19H,4-7,9-11H2,1-3H3,(H,21,22)/t19-/m1/s1. The highest BCUT2D eigenvalue weighted by Crippen LogP contribution is 2.20. The van der Waals surface area contributed by atoms with E-state index in [9.17, 15) is 4.79 Å². The van der Waals surface area contributed by atoms with Gasteiger partial charge in [-0.25, -0.2) is 0 Å². The van der Waals surface area contributed by atoms with Crippen molar-refractivity contribution in [2.24, 2.45) is 0 Å². The normalized spacial score (nSPS) is 15.7. The van der Waals surface area contributed by atoms with Crippen molar-refractivity contribution < 1.29 is 9.53 Å². The van der Waals surface area contributed by atoms with E-state index in [0.29, 0.717) is 13.0 Å². The first-order valence-corrected chi connectivity index (χ1v) is 8.79. The average Bonchev–Trinajstić information content (AvgIpc) is 2.52. The lowest BCUT2D eigenvalue weighted by Gasteiger charge is -2.19. The number of amides is 1. The Labute approximate surface area is 140 Å². The second-order valence-electron chi connectivity index (χ2n) is 6.49. The van der Waals surface area contributed by atoms with E-state index in [2.05, 4.69) is 17.5 Å². The Morgan fingerprint density at radius 1 is 1.22 bits per heavy atom. The summed E-state index contributed by atoms with van der Waals surface area (Å²) in [6.07, 6.45) is 8.51. The predicted octanol–water partition coefficient (Wildman–Crippen LogP) is 4.47. The van der Waals surface area contributed by atoms with Crippen LogP contribution in [0.25, 0.3) is 0 Å². The van der Waals surface area contributed by atoms with E-state index in [1.165, 1.54) is 31.3 Å². The first kappa shape index (κ1) is 17.6. The summed E-state index contributed by atoms with van der Waals surface area (Å²) < 4.78 is 5.90. The van der Waals surface area contributed by atoms with Gasteiger partial charge in [-0.3, -0.25) is 4.79 Å². The van der Waals surface area contributed by atoms with Crippen LogP contribution in [0.5, 0.6) is 5.75 Å². The minimum atomic E-state index is -0.420. The van der Waals surface area contributed by atoms with Gasteiger partial charge in [-0.1, -0.05) is 24.6 Å². The molecule has 0 unspecified atom stereocenters. The van der Waals surface area contributed by atoms with Gasteiger partial charge in [0.2, 0.25) is 0 Å². The van der Waals surface area contributed by atoms with Crippen LogP contribution in [0.3, 0.4) is 0 Å². The topological polar surface area (TPSA) is 38.3 Å². The van der Waals surface area contributed by atoms with Crippen LogP contribution in [0.1, 0.15) is 56.6 Å². The molecule has 2 rings (SSSR count). The summed E-state index contributed by atoms with van der Waals surface area (Å²) in [5.74, 6) is 0.766. The highest BCUT2D eigenvalue weighted by atomic mass is 16.5. The van der Waals surface area contributed by atoms with Crippen LogP contribution < -0.4 is 10.1 Å². The Hall–Kier alpha value is -1.77. The quantitative estimate of drug-likeness (QED) is 0.754. The third kappa shape index (κ3) is 5.74. The molecular weight excluding hydrogens is 286 g/mol. The number of carbonyl (C=O) groups is 1. The second-order valence-corrected chi connectivity index (χ2v) is 6.49. The number of hydrogen-bond donors (Lipinski definition) is 1. The molecule has 0 spiro atoms. The zero-order valence-corrected chi connectivity index (χ0v) is 14.7. The van der Waals surface area contributed by atoms with E-state index in [-0.39, 0.29) is 5.91 Å². The molecule has 3 heteroatoms. The van der Waals surface area contributed by atoms with Crippen molar-refractivity contribution in [3.8, 4) is 5.75 Å². The molecule has 1 N–H and O–H groups in total. The van der Waals surface area contributed by atoms with Crippen molar-refractivity contribution in [3.63, 3.8) is 0 Å². The summed E-state index contributed by atoms with van der Waals surface area (Å²) in [5, 5.41) is 3.03. The van der Waals surface area contributed by atoms with Crippen molar-refractivity contribution in [2.45, 2.75) is 65.4 Å². The largest absolute Gasteiger partial charge is 0.481 e. The predicted molar refractivity (Wildman–Crippen MR) is 94.8 cm³/mol. The maximum atomic E-state index is 12.3. The molecular formula is C20H29NO2. The number of rotatable bonds is 7. The lowest BCUT2D eigenvalue weighted by atomic mass is 9.97. The smallest absolute Gasteiger partial charge is 0.261 e. The van der Waals surface area contributed by atoms with Crippen LogP contribution in [-0.4, -0.2) is 18.6 Å². The summed E-state index contributed by atoms with van der Waals surface area (Å²) in [6, 6.07) is 6.07. The van der Waals surface area contributed by atoms with Gasteiger partial charge in [0.25, 0.3) is 5.91 Å². The molecule has 126 valence electrons. The van der Waals surface area contributed by atoms with E-state index in [1.807, 2.05) is 32.9 Å². The molecule has 0 saturated carbocycles. The van der Waals surface area contributed by atoms with E-state index in [1.54, 1.807) is 0 Å². The SMILES string of the molecule is CC[C@@H](Oc1cc(C)cc(C)c1)C(=O)NCCC1=CCCCC1. The molecule has 0 bridgehead atoms. The lowest BCUT2D eigenvalue weighted by Crippen LogP contribution is -2.38. The number of benzene rings is 1. The molecule has 23 heavy (non-hydrogen) atoms. The van der Waals surface area contributed by atoms with Gasteiger partial charge >= 0.3 is 0 Å². The van der Waals surface area contributed by atoms with Gasteiger partial charge in [0, 0.05) is 6.54 Å². The van der Waals surface area contributed by atoms with Crippen molar-refractivity contribution in [3.05, 3.63) is 41.0 Å². The van der Waals surface area contributed by atoms with E-state index in [4.69, 9.17) is 4.74 Å². The van der Waals surface area contributed by atoms with Crippen molar-refractivity contribution in [1.82, 2.24) is 5.32 Å². The molecule has 3 nitrogen and oxygen atoms in total. The van der Waals surface area contributed by atoms with Gasteiger partial charge in [0.05, 0.1) is 0 Å². The summed E-state index contributed by atoms with van der Waals surface area (Å²) in [6.45, 7) is 6.77. The van der Waals surface area contributed by atoms with Crippen LogP contribution >= 0.6 is 0 Å². The average molecular weight is 315 g/mol. The molecule has 0 saturated heterocycles. The van der Waals surface area contributed by atoms with E-state index >= 15 is 0 Å². The van der Waals surface area contributed by atoms with Crippen molar-refractivity contribution in [2.75, 3.05) is 6.54 Å². The molecule has 1 amide bonds. The summed E-state index contributed by atoms with van der Waals surface area (Å²) in [7, 11) is 0. The molecule has 1 aliphatic carbocycles. The minimum Gasteiger partial charge on any atom is -0.481 e. The summed E-state index contributed by atoms with van der Waals surface area (Å²) in [4.78, 5) is 12.3. The number of aryl methyl sites for hydroxylation is 2. The molecule has 1 atom stereocenters. The number of allylic oxidation sites excluding steroid dienone is 1. The Bertz CT molecular complexity index is 543. The van der Waals surface area contributed by atoms with Crippen molar-refractivity contribution >= 4 is 5.91 Å². The second kappa shape index (κ2) is 8.76. The third-order valence-electron chi connectivity index (χ3n) is 4.27. The Balaban J connectivity index is 1.84. The molecule has 0 radical (unpaired) electrons. The monoisotopic (exact) mass is 315 g/mol. The number of hydrogen-bond acceptors (Lipinski definition) is 2. The zero-order chi connectivity index (χ0) is 16.7. The summed E-state index contributed by atoms with van der Waals surface area (Å²) in [5.41, 5.74) is 3.79. The first-order chi connectivity index (χ1) is 11.1. The fraction of sp³-hybridized carbons (Fsp3) is 0.550. The summed E-state index contributed by atoms with van der Waals surface area (Å²) >= 11 is 0. The maximum absolute atomic E-state index is 12.3. The van der Waals surface area contributed by atoms with Gasteiger partial charge in [0.1, 0.15) is 5.75 Å². The zero-order valence-electron chi connectivity index (χ0n) is 14.7. The third-order valence-corrected chi connectivity index (χ3v) is 4.27. The van der Waals surface area contributed by atoms with Gasteiger partial charge in [-0.15, -0.1) is 0 Å². The highest BCUT2D eigenvalue weighted by molar-refractivity contribution is 5.81. The van der Waals surface area contributed by atoms with Crippen LogP contribution in [0.2, 0.25) is 0 Å². The lowest BCUT2D eigenvalue weighted by molar-refractivity contribution is -0.128. The van der Waals surface area contributed by atoms with E-state index < -0.39 is 6.10 Å². The fourth-order valence-electron chi connectivity index (χ4n) is 3.08. The van der Waals surface area contributed by atoms with Crippen LogP contribution in [0.4, 0.5) is 0 Å². The first-order valence-electron chi connectivity index (χ1n) is 8.79. The Kier molecular flexibility index (Phi) is 6.69. The Morgan fingerprint density at radius 3 is 2.57 bits per heavy atom. The van der Waals surface area contributed by atoms with Gasteiger partial charge in [0.15, 0.2) is 6.10 Å². The number of nitrogens with one attached hydrogen (secondary N) is 1. The molecule has 0 heterocycles. The van der Waals surface area contributed by atoms with Crippen LogP contribution in [0, 0.1) is 13.8 Å². The van der Waals surface area contributed by atoms with Crippen molar-refractivity contribution in [1.29, 1.82) is 0 Å². The minimum absolute atomic E-state index is 0.0110. The maximum Gasteiger partial charge on any atom is 0.261 e. The number of carbonyl (C=O) groups excluding carboxylic acids is 1. The molecule has 1 aromatic rings. The molecule has 1 aliphatic rings. The highest BCUT2D eigenvalue weighted by Gasteiger charge is 2.18. The number of ether oxygens (including phenoxy) is 1. The van der Waals surface area contributed by atoms with Crippen LogP contribution in [-0.2, 0) is 4.79 Å². The van der Waals surface area contributed by atoms with E-state index in [0.717, 1.165) is 23.3 Å². The van der Waals surface area contributed by atoms with Gasteiger partial charge in [-0.05, 0) is 75.6 Å². The molecule has 0 aromatic heterocycles. The fourth-order valence-corrected chi connectivity index (χ4v) is 3.08. The van der Waals surface area contributed by atoms with Gasteiger partial charge in [-0.2, -0.15) is 0 Å². The molecule has 1 aromatic carbocycles.